The highest BCUT2D eigenvalue weighted by Crippen LogP contribution is 2.22. The average Bonchev–Trinajstić information content (AvgIpc) is 3.19. The summed E-state index contributed by atoms with van der Waals surface area (Å²) in [5.41, 5.74) is 1.14. The van der Waals surface area contributed by atoms with Gasteiger partial charge in [0.25, 0.3) is 0 Å². The van der Waals surface area contributed by atoms with Gasteiger partial charge >= 0.3 is 0 Å². The number of rotatable bonds is 7. The first-order valence-electron chi connectivity index (χ1n) is 7.43. The van der Waals surface area contributed by atoms with E-state index < -0.39 is 0 Å². The molecule has 3 rings (SSSR count). The Hall–Kier alpha value is -1.23. The molecule has 21 heavy (non-hydrogen) atoms. The first-order chi connectivity index (χ1) is 10.2. The maximum absolute atomic E-state index is 12.9. The van der Waals surface area contributed by atoms with E-state index >= 15 is 0 Å². The highest BCUT2D eigenvalue weighted by Gasteiger charge is 2.20. The van der Waals surface area contributed by atoms with Crippen LogP contribution in [-0.4, -0.2) is 18.0 Å². The quantitative estimate of drug-likeness (QED) is 0.837. The van der Waals surface area contributed by atoms with Gasteiger partial charge in [0.05, 0.1) is 0 Å². The molecular weight excluding hydrogens is 283 g/mol. The summed E-state index contributed by atoms with van der Waals surface area (Å²) in [6.45, 7) is 2.77. The second kappa shape index (κ2) is 6.69. The Balaban J connectivity index is 1.49. The topological polar surface area (TPSA) is 15.3 Å². The first kappa shape index (κ1) is 14.7. The van der Waals surface area contributed by atoms with Crippen molar-refractivity contribution >= 4 is 11.3 Å². The maximum atomic E-state index is 12.9. The van der Waals surface area contributed by atoms with Crippen LogP contribution in [0.15, 0.2) is 36.4 Å². The first-order valence-corrected chi connectivity index (χ1v) is 8.24. The summed E-state index contributed by atoms with van der Waals surface area (Å²) in [5, 5.41) is 3.55. The minimum atomic E-state index is -0.174. The van der Waals surface area contributed by atoms with Crippen molar-refractivity contribution < 1.29 is 4.39 Å². The molecule has 0 spiro atoms. The average molecular weight is 304 g/mol. The molecule has 1 fully saturated rings. The molecule has 1 saturated carbocycles. The Labute approximate surface area is 129 Å². The standard InChI is InChI=1S/C17H21FN2S/c1-20(11-13-2-4-14(18)5-3-13)12-17-9-8-16(21-17)10-19-15-6-7-15/h2-5,8-9,15,19H,6-7,10-12H2,1H3. The predicted molar refractivity (Wildman–Crippen MR) is 85.8 cm³/mol. The highest BCUT2D eigenvalue weighted by molar-refractivity contribution is 7.11. The van der Waals surface area contributed by atoms with E-state index in [0.29, 0.717) is 0 Å². The SMILES string of the molecule is CN(Cc1ccc(F)cc1)Cc1ccc(CNC2CC2)s1. The lowest BCUT2D eigenvalue weighted by Gasteiger charge is -2.15. The zero-order valence-corrected chi connectivity index (χ0v) is 13.1. The Kier molecular flexibility index (Phi) is 4.68. The van der Waals surface area contributed by atoms with Gasteiger partial charge in [0.1, 0.15) is 5.82 Å². The van der Waals surface area contributed by atoms with E-state index in [2.05, 4.69) is 29.4 Å². The predicted octanol–water partition coefficient (Wildman–Crippen LogP) is 3.77. The third-order valence-electron chi connectivity index (χ3n) is 3.65. The van der Waals surface area contributed by atoms with Crippen LogP contribution < -0.4 is 5.32 Å². The largest absolute Gasteiger partial charge is 0.309 e. The number of nitrogens with one attached hydrogen (secondary N) is 1. The fraction of sp³-hybridized carbons (Fsp3) is 0.412. The normalized spacial score (nSPS) is 14.8. The lowest BCUT2D eigenvalue weighted by Crippen LogP contribution is -2.16. The molecule has 0 bridgehead atoms. The van der Waals surface area contributed by atoms with Crippen LogP contribution in [0.1, 0.15) is 28.2 Å². The van der Waals surface area contributed by atoms with E-state index in [4.69, 9.17) is 0 Å². The highest BCUT2D eigenvalue weighted by atomic mass is 32.1. The Bertz CT molecular complexity index is 575. The summed E-state index contributed by atoms with van der Waals surface area (Å²) in [6.07, 6.45) is 2.66. The smallest absolute Gasteiger partial charge is 0.123 e. The van der Waals surface area contributed by atoms with Crippen LogP contribution in [0, 0.1) is 5.82 Å². The summed E-state index contributed by atoms with van der Waals surface area (Å²) >= 11 is 1.88. The molecule has 0 unspecified atom stereocenters. The molecule has 1 aliphatic carbocycles. The van der Waals surface area contributed by atoms with E-state index in [-0.39, 0.29) is 5.82 Å². The third-order valence-corrected chi connectivity index (χ3v) is 4.72. The summed E-state index contributed by atoms with van der Waals surface area (Å²) in [4.78, 5) is 5.05. The van der Waals surface area contributed by atoms with Crippen LogP contribution in [-0.2, 0) is 19.6 Å². The van der Waals surface area contributed by atoms with Gasteiger partial charge in [-0.2, -0.15) is 0 Å². The number of nitrogens with zero attached hydrogens (tertiary/aromatic N) is 1. The molecule has 0 saturated heterocycles. The number of hydrogen-bond acceptors (Lipinski definition) is 3. The van der Waals surface area contributed by atoms with Crippen molar-refractivity contribution in [2.75, 3.05) is 7.05 Å². The minimum absolute atomic E-state index is 0.174. The summed E-state index contributed by atoms with van der Waals surface area (Å²) in [7, 11) is 2.10. The van der Waals surface area contributed by atoms with Gasteiger partial charge in [0.15, 0.2) is 0 Å². The van der Waals surface area contributed by atoms with Gasteiger partial charge in [-0.25, -0.2) is 4.39 Å². The molecule has 0 radical (unpaired) electrons. The number of halogens is 1. The minimum Gasteiger partial charge on any atom is -0.309 e. The molecule has 4 heteroatoms. The van der Waals surface area contributed by atoms with Crippen molar-refractivity contribution in [2.45, 2.75) is 38.5 Å². The zero-order chi connectivity index (χ0) is 14.7. The van der Waals surface area contributed by atoms with Gasteiger partial charge in [-0.15, -0.1) is 11.3 Å². The van der Waals surface area contributed by atoms with Crippen molar-refractivity contribution in [3.05, 3.63) is 57.5 Å². The summed E-state index contributed by atoms with van der Waals surface area (Å²) in [5.74, 6) is -0.174. The van der Waals surface area contributed by atoms with E-state index in [0.717, 1.165) is 31.2 Å². The second-order valence-electron chi connectivity index (χ2n) is 5.82. The van der Waals surface area contributed by atoms with Gasteiger partial charge in [-0.05, 0) is 49.7 Å². The van der Waals surface area contributed by atoms with Crippen molar-refractivity contribution in [3.8, 4) is 0 Å². The maximum Gasteiger partial charge on any atom is 0.123 e. The summed E-state index contributed by atoms with van der Waals surface area (Å²) in [6, 6.07) is 12.0. The van der Waals surface area contributed by atoms with Gasteiger partial charge in [-0.3, -0.25) is 4.90 Å². The molecule has 1 aromatic heterocycles. The third kappa shape index (κ3) is 4.63. The van der Waals surface area contributed by atoms with Crippen molar-refractivity contribution in [1.82, 2.24) is 10.2 Å². The molecule has 0 amide bonds. The number of benzene rings is 1. The molecule has 112 valence electrons. The Morgan fingerprint density at radius 1 is 1.10 bits per heavy atom. The molecule has 2 nitrogen and oxygen atoms in total. The molecular formula is C17H21FN2S. The van der Waals surface area contributed by atoms with Gasteiger partial charge in [-0.1, -0.05) is 12.1 Å². The molecule has 0 atom stereocenters. The van der Waals surface area contributed by atoms with Gasteiger partial charge in [0, 0.05) is 35.4 Å². The van der Waals surface area contributed by atoms with Crippen LogP contribution in [0.2, 0.25) is 0 Å². The van der Waals surface area contributed by atoms with Gasteiger partial charge in [0.2, 0.25) is 0 Å². The summed E-state index contributed by atoms with van der Waals surface area (Å²) < 4.78 is 12.9. The molecule has 2 aromatic rings. The van der Waals surface area contributed by atoms with E-state index in [1.54, 1.807) is 0 Å². The molecule has 1 N–H and O–H groups in total. The fourth-order valence-corrected chi connectivity index (χ4v) is 3.41. The van der Waals surface area contributed by atoms with Crippen LogP contribution in [0.3, 0.4) is 0 Å². The van der Waals surface area contributed by atoms with E-state index in [1.807, 2.05) is 23.5 Å². The number of thiophene rings is 1. The van der Waals surface area contributed by atoms with E-state index in [9.17, 15) is 4.39 Å². The lowest BCUT2D eigenvalue weighted by molar-refractivity contribution is 0.322. The molecule has 1 heterocycles. The molecule has 0 aliphatic heterocycles. The molecule has 1 aromatic carbocycles. The van der Waals surface area contributed by atoms with E-state index in [1.165, 1.54) is 34.7 Å². The van der Waals surface area contributed by atoms with Crippen LogP contribution >= 0.6 is 11.3 Å². The van der Waals surface area contributed by atoms with Crippen molar-refractivity contribution in [3.63, 3.8) is 0 Å². The monoisotopic (exact) mass is 304 g/mol. The second-order valence-corrected chi connectivity index (χ2v) is 7.07. The van der Waals surface area contributed by atoms with Crippen molar-refractivity contribution in [1.29, 1.82) is 0 Å². The van der Waals surface area contributed by atoms with Crippen molar-refractivity contribution in [2.24, 2.45) is 0 Å². The number of hydrogen-bond donors (Lipinski definition) is 1. The zero-order valence-electron chi connectivity index (χ0n) is 12.3. The van der Waals surface area contributed by atoms with Crippen LogP contribution in [0.25, 0.3) is 0 Å². The Morgan fingerprint density at radius 3 is 2.52 bits per heavy atom. The van der Waals surface area contributed by atoms with Crippen LogP contribution in [0.5, 0.6) is 0 Å². The molecule has 1 aliphatic rings. The Morgan fingerprint density at radius 2 is 1.81 bits per heavy atom. The van der Waals surface area contributed by atoms with Gasteiger partial charge < -0.3 is 5.32 Å². The lowest BCUT2D eigenvalue weighted by atomic mass is 10.2. The van der Waals surface area contributed by atoms with Crippen LogP contribution in [0.4, 0.5) is 4.39 Å². The fourth-order valence-electron chi connectivity index (χ4n) is 2.36.